The van der Waals surface area contributed by atoms with Crippen molar-refractivity contribution in [1.29, 1.82) is 0 Å². The molecule has 0 bridgehead atoms. The smallest absolute Gasteiger partial charge is 0.256 e. The number of aromatic nitrogens is 1. The maximum atomic E-state index is 13.0. The standard InChI is InChI=1S/C24H35N5O3/c1-28(19-6-2-7-19)24(32)21(25)16-9-11-18(12-10-16)27-22(30)20-8-4-14-29(20)23(31)17-5-3-13-26-15-17/h3,5,13,15-16,18-21H,2,4,6-12,14,25H2,1H3,(H,27,30)/t16?,18?,20?,21-/m0/s1. The molecule has 174 valence electrons. The number of carbonyl (C=O) groups is 3. The first-order chi connectivity index (χ1) is 15.5. The van der Waals surface area contributed by atoms with Crippen LogP contribution in [0.25, 0.3) is 0 Å². The Kier molecular flexibility index (Phi) is 7.08. The number of amides is 3. The number of carbonyl (C=O) groups excluding carboxylic acids is 3. The summed E-state index contributed by atoms with van der Waals surface area (Å²) in [6.45, 7) is 0.587. The van der Waals surface area contributed by atoms with Crippen LogP contribution in [0, 0.1) is 5.92 Å². The number of rotatable bonds is 6. The third-order valence-corrected chi connectivity index (χ3v) is 7.61. The number of nitrogens with zero attached hydrogens (tertiary/aromatic N) is 3. The summed E-state index contributed by atoms with van der Waals surface area (Å²) in [5.41, 5.74) is 6.85. The highest BCUT2D eigenvalue weighted by molar-refractivity contribution is 5.97. The quantitative estimate of drug-likeness (QED) is 0.698. The van der Waals surface area contributed by atoms with Gasteiger partial charge < -0.3 is 20.9 Å². The van der Waals surface area contributed by atoms with Gasteiger partial charge in [-0.15, -0.1) is 0 Å². The van der Waals surface area contributed by atoms with Gasteiger partial charge in [0, 0.05) is 38.1 Å². The largest absolute Gasteiger partial charge is 0.352 e. The molecule has 3 N–H and O–H groups in total. The van der Waals surface area contributed by atoms with E-state index in [9.17, 15) is 14.4 Å². The molecule has 1 aromatic heterocycles. The maximum Gasteiger partial charge on any atom is 0.256 e. The van der Waals surface area contributed by atoms with E-state index >= 15 is 0 Å². The van der Waals surface area contributed by atoms with Gasteiger partial charge in [-0.05, 0) is 75.8 Å². The zero-order valence-electron chi connectivity index (χ0n) is 18.9. The van der Waals surface area contributed by atoms with Crippen molar-refractivity contribution in [1.82, 2.24) is 20.1 Å². The van der Waals surface area contributed by atoms with Gasteiger partial charge in [0.15, 0.2) is 0 Å². The summed E-state index contributed by atoms with van der Waals surface area (Å²) in [6.07, 6.45) is 11.3. The predicted octanol–water partition coefficient (Wildman–Crippen LogP) is 1.70. The molecule has 32 heavy (non-hydrogen) atoms. The lowest BCUT2D eigenvalue weighted by atomic mass is 9.80. The molecule has 3 aliphatic rings. The first-order valence-corrected chi connectivity index (χ1v) is 12.0. The Hall–Kier alpha value is -2.48. The van der Waals surface area contributed by atoms with Crippen LogP contribution in [0.2, 0.25) is 0 Å². The van der Waals surface area contributed by atoms with Crippen molar-refractivity contribution in [3.05, 3.63) is 30.1 Å². The zero-order chi connectivity index (χ0) is 22.7. The second kappa shape index (κ2) is 9.98. The second-order valence-electron chi connectivity index (χ2n) is 9.58. The van der Waals surface area contributed by atoms with Crippen molar-refractivity contribution in [2.24, 2.45) is 11.7 Å². The Bertz CT molecular complexity index is 820. The van der Waals surface area contributed by atoms with Crippen molar-refractivity contribution < 1.29 is 14.4 Å². The van der Waals surface area contributed by atoms with Crippen LogP contribution in [0.1, 0.15) is 68.1 Å². The van der Waals surface area contributed by atoms with E-state index in [0.717, 1.165) is 44.9 Å². The summed E-state index contributed by atoms with van der Waals surface area (Å²) in [5.74, 6) is -0.00109. The number of likely N-dealkylation sites (N-methyl/N-ethyl adjacent to an activating group) is 1. The lowest BCUT2D eigenvalue weighted by molar-refractivity contribution is -0.136. The number of hydrogen-bond acceptors (Lipinski definition) is 5. The van der Waals surface area contributed by atoms with E-state index in [1.54, 1.807) is 29.4 Å². The van der Waals surface area contributed by atoms with Crippen LogP contribution >= 0.6 is 0 Å². The third-order valence-electron chi connectivity index (χ3n) is 7.61. The van der Waals surface area contributed by atoms with E-state index < -0.39 is 12.1 Å². The molecular weight excluding hydrogens is 406 g/mol. The Labute approximate surface area is 189 Å². The minimum atomic E-state index is -0.459. The van der Waals surface area contributed by atoms with Crippen molar-refractivity contribution in [2.45, 2.75) is 82.0 Å². The molecule has 8 nitrogen and oxygen atoms in total. The summed E-state index contributed by atoms with van der Waals surface area (Å²) in [5, 5.41) is 3.16. The van der Waals surface area contributed by atoms with E-state index in [4.69, 9.17) is 5.73 Å². The Morgan fingerprint density at radius 3 is 2.50 bits per heavy atom. The normalized spacial score (nSPS) is 26.8. The predicted molar refractivity (Wildman–Crippen MR) is 121 cm³/mol. The third kappa shape index (κ3) is 4.80. The number of nitrogens with one attached hydrogen (secondary N) is 1. The molecule has 1 aromatic rings. The molecule has 2 aliphatic carbocycles. The number of pyridine rings is 1. The van der Waals surface area contributed by atoms with E-state index in [-0.39, 0.29) is 29.7 Å². The Morgan fingerprint density at radius 1 is 1.12 bits per heavy atom. The molecule has 8 heteroatoms. The number of hydrogen-bond donors (Lipinski definition) is 2. The number of nitrogens with two attached hydrogens (primary N) is 1. The molecule has 1 aliphatic heterocycles. The average molecular weight is 442 g/mol. The van der Waals surface area contributed by atoms with Gasteiger partial charge in [0.05, 0.1) is 11.6 Å². The van der Waals surface area contributed by atoms with Crippen LogP contribution in [-0.4, -0.2) is 70.3 Å². The molecule has 0 radical (unpaired) electrons. The van der Waals surface area contributed by atoms with E-state index in [2.05, 4.69) is 10.3 Å². The maximum absolute atomic E-state index is 13.0. The van der Waals surface area contributed by atoms with Crippen LogP contribution in [0.15, 0.2) is 24.5 Å². The van der Waals surface area contributed by atoms with Gasteiger partial charge in [-0.3, -0.25) is 19.4 Å². The van der Waals surface area contributed by atoms with Gasteiger partial charge in [0.25, 0.3) is 5.91 Å². The monoisotopic (exact) mass is 441 g/mol. The first-order valence-electron chi connectivity index (χ1n) is 12.0. The van der Waals surface area contributed by atoms with Crippen molar-refractivity contribution >= 4 is 17.7 Å². The Morgan fingerprint density at radius 2 is 1.88 bits per heavy atom. The lowest BCUT2D eigenvalue weighted by Gasteiger charge is -2.39. The van der Waals surface area contributed by atoms with Crippen LogP contribution in [-0.2, 0) is 9.59 Å². The fourth-order valence-electron chi connectivity index (χ4n) is 5.25. The SMILES string of the molecule is CN(C(=O)[C@@H](N)C1CCC(NC(=O)C2CCCN2C(=O)c2cccnc2)CC1)C1CCC1. The summed E-state index contributed by atoms with van der Waals surface area (Å²) in [6, 6.07) is 3.00. The van der Waals surface area contributed by atoms with Crippen LogP contribution < -0.4 is 11.1 Å². The summed E-state index contributed by atoms with van der Waals surface area (Å²) < 4.78 is 0. The molecule has 0 spiro atoms. The molecule has 2 atom stereocenters. The van der Waals surface area contributed by atoms with Crippen LogP contribution in [0.5, 0.6) is 0 Å². The topological polar surface area (TPSA) is 109 Å². The van der Waals surface area contributed by atoms with Crippen molar-refractivity contribution in [2.75, 3.05) is 13.6 Å². The van der Waals surface area contributed by atoms with Crippen LogP contribution in [0.4, 0.5) is 0 Å². The van der Waals surface area contributed by atoms with Crippen molar-refractivity contribution in [3.63, 3.8) is 0 Å². The molecule has 1 saturated heterocycles. The van der Waals surface area contributed by atoms with Gasteiger partial charge in [-0.25, -0.2) is 0 Å². The fraction of sp³-hybridized carbons (Fsp3) is 0.667. The van der Waals surface area contributed by atoms with Gasteiger partial charge in [0.1, 0.15) is 6.04 Å². The average Bonchev–Trinajstić information content (AvgIpc) is 3.27. The zero-order valence-corrected chi connectivity index (χ0v) is 18.9. The fourth-order valence-corrected chi connectivity index (χ4v) is 5.25. The van der Waals surface area contributed by atoms with Gasteiger partial charge in [0.2, 0.25) is 11.8 Å². The van der Waals surface area contributed by atoms with Crippen LogP contribution in [0.3, 0.4) is 0 Å². The molecule has 2 heterocycles. The lowest BCUT2D eigenvalue weighted by Crippen LogP contribution is -2.53. The second-order valence-corrected chi connectivity index (χ2v) is 9.58. The highest BCUT2D eigenvalue weighted by Crippen LogP contribution is 2.30. The number of likely N-dealkylation sites (tertiary alicyclic amines) is 1. The van der Waals surface area contributed by atoms with E-state index in [1.165, 1.54) is 6.42 Å². The molecule has 0 aromatic carbocycles. The molecule has 4 rings (SSSR count). The molecule has 3 fully saturated rings. The highest BCUT2D eigenvalue weighted by Gasteiger charge is 2.38. The van der Waals surface area contributed by atoms with E-state index in [1.807, 2.05) is 11.9 Å². The molecule has 3 amide bonds. The van der Waals surface area contributed by atoms with Crippen molar-refractivity contribution in [3.8, 4) is 0 Å². The summed E-state index contributed by atoms with van der Waals surface area (Å²) in [7, 11) is 1.87. The highest BCUT2D eigenvalue weighted by atomic mass is 16.2. The van der Waals surface area contributed by atoms with Gasteiger partial charge >= 0.3 is 0 Å². The summed E-state index contributed by atoms with van der Waals surface area (Å²) >= 11 is 0. The van der Waals surface area contributed by atoms with Gasteiger partial charge in [-0.2, -0.15) is 0 Å². The molecule has 2 saturated carbocycles. The van der Waals surface area contributed by atoms with E-state index in [0.29, 0.717) is 24.6 Å². The molecular formula is C24H35N5O3. The first kappa shape index (κ1) is 22.7. The Balaban J connectivity index is 1.27. The van der Waals surface area contributed by atoms with Gasteiger partial charge in [-0.1, -0.05) is 0 Å². The molecule has 1 unspecified atom stereocenters. The minimum Gasteiger partial charge on any atom is -0.352 e. The minimum absolute atomic E-state index is 0.0534. The summed E-state index contributed by atoms with van der Waals surface area (Å²) in [4.78, 5) is 46.0.